The molecule has 4 rings (SSSR count). The summed E-state index contributed by atoms with van der Waals surface area (Å²) >= 11 is 8.87. The van der Waals surface area contributed by atoms with E-state index in [1.807, 2.05) is 31.2 Å². The molecule has 0 unspecified atom stereocenters. The van der Waals surface area contributed by atoms with E-state index in [0.29, 0.717) is 23.3 Å². The van der Waals surface area contributed by atoms with Crippen LogP contribution in [0.25, 0.3) is 10.2 Å². The molecule has 0 atom stereocenters. The minimum Gasteiger partial charge on any atom is -0.355 e. The Labute approximate surface area is 188 Å². The maximum absolute atomic E-state index is 13.1. The molecular weight excluding hydrogens is 438 g/mol. The Morgan fingerprint density at radius 3 is 2.80 bits per heavy atom. The predicted octanol–water partition coefficient (Wildman–Crippen LogP) is 4.46. The Kier molecular flexibility index (Phi) is 6.80. The third-order valence-electron chi connectivity index (χ3n) is 5.34. The molecule has 0 radical (unpaired) electrons. The molecule has 5 nitrogen and oxygen atoms in total. The summed E-state index contributed by atoms with van der Waals surface area (Å²) < 4.78 is 1.70. The first-order valence-electron chi connectivity index (χ1n) is 10.3. The van der Waals surface area contributed by atoms with Crippen LogP contribution in [0.5, 0.6) is 0 Å². The third-order valence-corrected chi connectivity index (χ3v) is 7.75. The second-order valence-corrected chi connectivity index (χ2v) is 9.81. The number of hydrogen-bond donors (Lipinski definition) is 1. The fourth-order valence-electron chi connectivity index (χ4n) is 3.79. The lowest BCUT2D eigenvalue weighted by Gasteiger charge is -2.12. The van der Waals surface area contributed by atoms with E-state index in [9.17, 15) is 9.59 Å². The number of halogens is 1. The normalized spacial score (nSPS) is 13.4. The summed E-state index contributed by atoms with van der Waals surface area (Å²) in [6, 6.07) is 7.62. The lowest BCUT2D eigenvalue weighted by Crippen LogP contribution is -2.28. The van der Waals surface area contributed by atoms with E-state index in [1.54, 1.807) is 15.9 Å². The van der Waals surface area contributed by atoms with E-state index in [-0.39, 0.29) is 17.2 Å². The van der Waals surface area contributed by atoms with Gasteiger partial charge in [0.2, 0.25) is 5.91 Å². The number of thioether (sulfide) groups is 1. The van der Waals surface area contributed by atoms with Crippen LogP contribution >= 0.6 is 34.7 Å². The van der Waals surface area contributed by atoms with Gasteiger partial charge in [0.05, 0.1) is 11.1 Å². The van der Waals surface area contributed by atoms with Crippen LogP contribution in [0.15, 0.2) is 34.2 Å². The van der Waals surface area contributed by atoms with Crippen molar-refractivity contribution in [1.29, 1.82) is 0 Å². The van der Waals surface area contributed by atoms with E-state index in [2.05, 4.69) is 5.32 Å². The monoisotopic (exact) mass is 461 g/mol. The van der Waals surface area contributed by atoms with Crippen molar-refractivity contribution in [2.45, 2.75) is 50.7 Å². The Hall–Kier alpha value is -1.83. The quantitative estimate of drug-likeness (QED) is 0.416. The summed E-state index contributed by atoms with van der Waals surface area (Å²) in [6.45, 7) is 3.06. The van der Waals surface area contributed by atoms with Gasteiger partial charge < -0.3 is 5.32 Å². The zero-order chi connectivity index (χ0) is 21.1. The molecule has 1 aliphatic carbocycles. The maximum atomic E-state index is 13.1. The van der Waals surface area contributed by atoms with E-state index in [4.69, 9.17) is 16.6 Å². The summed E-state index contributed by atoms with van der Waals surface area (Å²) in [6.07, 6.45) is 5.08. The molecule has 8 heteroatoms. The van der Waals surface area contributed by atoms with Crippen LogP contribution < -0.4 is 10.9 Å². The fourth-order valence-corrected chi connectivity index (χ4v) is 6.11. The van der Waals surface area contributed by atoms with Crippen LogP contribution in [0.2, 0.25) is 5.02 Å². The number of aryl methyl sites for hydroxylation is 2. The highest BCUT2D eigenvalue weighted by atomic mass is 35.5. The SMILES string of the molecule is CCn1c(SCC(=O)NCCc2ccc(Cl)cc2)nc2sc3c(c2c1=O)CCCC3. The lowest BCUT2D eigenvalue weighted by atomic mass is 9.97. The highest BCUT2D eigenvalue weighted by molar-refractivity contribution is 7.99. The van der Waals surface area contributed by atoms with Crippen LogP contribution in [0.4, 0.5) is 0 Å². The molecule has 0 saturated heterocycles. The zero-order valence-electron chi connectivity index (χ0n) is 16.9. The summed E-state index contributed by atoms with van der Waals surface area (Å²) in [4.78, 5) is 32.3. The Balaban J connectivity index is 1.42. The average molecular weight is 462 g/mol. The number of amides is 1. The van der Waals surface area contributed by atoms with Gasteiger partial charge in [0, 0.05) is 23.0 Å². The van der Waals surface area contributed by atoms with Crippen molar-refractivity contribution in [3.8, 4) is 0 Å². The number of nitrogens with one attached hydrogen (secondary N) is 1. The molecule has 1 aliphatic rings. The second-order valence-electron chi connectivity index (χ2n) is 7.35. The van der Waals surface area contributed by atoms with Crippen LogP contribution in [0, 0.1) is 0 Å². The number of rotatable bonds is 7. The van der Waals surface area contributed by atoms with Gasteiger partial charge in [-0.15, -0.1) is 11.3 Å². The zero-order valence-corrected chi connectivity index (χ0v) is 19.3. The number of thiophene rings is 1. The second kappa shape index (κ2) is 9.54. The van der Waals surface area contributed by atoms with Crippen LogP contribution in [0.1, 0.15) is 35.8 Å². The van der Waals surface area contributed by atoms with Gasteiger partial charge in [-0.05, 0) is 62.3 Å². The fraction of sp³-hybridized carbons (Fsp3) is 0.409. The lowest BCUT2D eigenvalue weighted by molar-refractivity contribution is -0.118. The predicted molar refractivity (Wildman–Crippen MR) is 125 cm³/mol. The molecule has 158 valence electrons. The first-order chi connectivity index (χ1) is 14.6. The minimum atomic E-state index is -0.0589. The van der Waals surface area contributed by atoms with Crippen LogP contribution in [-0.4, -0.2) is 27.8 Å². The smallest absolute Gasteiger partial charge is 0.263 e. The number of benzene rings is 1. The maximum Gasteiger partial charge on any atom is 0.263 e. The number of carbonyl (C=O) groups excluding carboxylic acids is 1. The molecule has 0 saturated carbocycles. The average Bonchev–Trinajstić information content (AvgIpc) is 3.12. The molecule has 3 aromatic rings. The molecule has 2 aromatic heterocycles. The van der Waals surface area contributed by atoms with Gasteiger partial charge in [0.15, 0.2) is 5.16 Å². The highest BCUT2D eigenvalue weighted by Crippen LogP contribution is 2.34. The summed E-state index contributed by atoms with van der Waals surface area (Å²) in [5.74, 6) is 0.181. The van der Waals surface area contributed by atoms with E-state index >= 15 is 0 Å². The molecule has 1 amide bonds. The molecule has 2 heterocycles. The van der Waals surface area contributed by atoms with E-state index in [0.717, 1.165) is 41.5 Å². The van der Waals surface area contributed by atoms with Gasteiger partial charge in [0.25, 0.3) is 5.56 Å². The molecule has 30 heavy (non-hydrogen) atoms. The molecule has 0 bridgehead atoms. The van der Waals surface area contributed by atoms with Gasteiger partial charge in [-0.25, -0.2) is 4.98 Å². The summed E-state index contributed by atoms with van der Waals surface area (Å²) in [5, 5.41) is 5.07. The van der Waals surface area contributed by atoms with E-state index < -0.39 is 0 Å². The van der Waals surface area contributed by atoms with Crippen molar-refractivity contribution >= 4 is 50.8 Å². The molecule has 0 fully saturated rings. The highest BCUT2D eigenvalue weighted by Gasteiger charge is 2.22. The first kappa shape index (κ1) is 21.4. The number of carbonyl (C=O) groups is 1. The van der Waals surface area contributed by atoms with Crippen molar-refractivity contribution in [2.75, 3.05) is 12.3 Å². The van der Waals surface area contributed by atoms with Crippen molar-refractivity contribution < 1.29 is 4.79 Å². The van der Waals surface area contributed by atoms with Crippen molar-refractivity contribution in [3.05, 3.63) is 55.6 Å². The third kappa shape index (κ3) is 4.58. The number of aromatic nitrogens is 2. The van der Waals surface area contributed by atoms with E-state index in [1.165, 1.54) is 28.6 Å². The van der Waals surface area contributed by atoms with Gasteiger partial charge in [-0.2, -0.15) is 0 Å². The number of fused-ring (bicyclic) bond motifs is 3. The largest absolute Gasteiger partial charge is 0.355 e. The van der Waals surface area contributed by atoms with Crippen molar-refractivity contribution in [1.82, 2.24) is 14.9 Å². The van der Waals surface area contributed by atoms with Gasteiger partial charge in [-0.1, -0.05) is 35.5 Å². The van der Waals surface area contributed by atoms with Gasteiger partial charge in [-0.3, -0.25) is 14.2 Å². The molecule has 1 aromatic carbocycles. The van der Waals surface area contributed by atoms with Crippen LogP contribution in [-0.2, 0) is 30.6 Å². The first-order valence-corrected chi connectivity index (χ1v) is 12.4. The van der Waals surface area contributed by atoms with Gasteiger partial charge in [0.1, 0.15) is 4.83 Å². The Bertz CT molecular complexity index is 1120. The van der Waals surface area contributed by atoms with Crippen molar-refractivity contribution in [2.24, 2.45) is 0 Å². The number of hydrogen-bond acceptors (Lipinski definition) is 5. The Morgan fingerprint density at radius 1 is 1.27 bits per heavy atom. The molecule has 0 spiro atoms. The summed E-state index contributed by atoms with van der Waals surface area (Å²) in [5.41, 5.74) is 2.37. The van der Waals surface area contributed by atoms with Crippen LogP contribution in [0.3, 0.4) is 0 Å². The molecular formula is C22H24ClN3O2S2. The molecule has 1 N–H and O–H groups in total. The standard InChI is InChI=1S/C22H24ClN3O2S2/c1-2-26-21(28)19-16-5-3-4-6-17(16)30-20(19)25-22(26)29-13-18(27)24-12-11-14-7-9-15(23)10-8-14/h7-10H,2-6,11-13H2,1H3,(H,24,27). The van der Waals surface area contributed by atoms with Crippen molar-refractivity contribution in [3.63, 3.8) is 0 Å². The number of nitrogens with zero attached hydrogens (tertiary/aromatic N) is 2. The topological polar surface area (TPSA) is 64.0 Å². The molecule has 0 aliphatic heterocycles. The minimum absolute atomic E-state index is 0.0348. The summed E-state index contributed by atoms with van der Waals surface area (Å²) in [7, 11) is 0. The Morgan fingerprint density at radius 2 is 2.03 bits per heavy atom. The van der Waals surface area contributed by atoms with Gasteiger partial charge >= 0.3 is 0 Å².